The van der Waals surface area contributed by atoms with Crippen LogP contribution in [-0.2, 0) is 5.54 Å². The molecule has 0 spiro atoms. The van der Waals surface area contributed by atoms with Crippen LogP contribution in [0.4, 0.5) is 0 Å². The molecule has 1 unspecified atom stereocenters. The molecule has 88 valence electrons. The van der Waals surface area contributed by atoms with Gasteiger partial charge in [0.2, 0.25) is 0 Å². The minimum atomic E-state index is -0.408. The molecule has 0 fully saturated rings. The Morgan fingerprint density at radius 2 is 1.88 bits per heavy atom. The molecule has 1 N–H and O–H groups in total. The monoisotopic (exact) mass is 244 g/mol. The van der Waals surface area contributed by atoms with Gasteiger partial charge in [-0.15, -0.1) is 0 Å². The predicted octanol–water partition coefficient (Wildman–Crippen LogP) is 2.44. The number of benzene rings is 1. The average molecular weight is 244 g/mol. The fraction of sp³-hybridized carbons (Fsp3) is 0.214. The lowest BCUT2D eigenvalue weighted by Crippen LogP contribution is -2.50. The zero-order valence-electron chi connectivity index (χ0n) is 10.1. The van der Waals surface area contributed by atoms with Crippen molar-refractivity contribution in [3.05, 3.63) is 60.3 Å². The second kappa shape index (κ2) is 4.72. The van der Waals surface area contributed by atoms with Crippen LogP contribution in [0.15, 0.2) is 54.8 Å². The number of likely N-dealkylation sites (N-methyl/N-ethyl adjacent to an activating group) is 1. The van der Waals surface area contributed by atoms with Gasteiger partial charge in [0.25, 0.3) is 0 Å². The largest absolute Gasteiger partial charge is 0.373 e. The fourth-order valence-corrected chi connectivity index (χ4v) is 2.22. The summed E-state index contributed by atoms with van der Waals surface area (Å²) < 4.78 is 0. The normalized spacial score (nSPS) is 22.0. The summed E-state index contributed by atoms with van der Waals surface area (Å²) in [5.41, 5.74) is 0.744. The molecule has 0 bridgehead atoms. The zero-order chi connectivity index (χ0) is 12.3. The summed E-state index contributed by atoms with van der Waals surface area (Å²) in [6.07, 6.45) is 8.03. The summed E-state index contributed by atoms with van der Waals surface area (Å²) >= 11 is 5.57. The second-order valence-electron chi connectivity index (χ2n) is 4.24. The summed E-state index contributed by atoms with van der Waals surface area (Å²) in [6.45, 7) is 0. The van der Waals surface area contributed by atoms with E-state index in [1.165, 1.54) is 0 Å². The molecule has 17 heavy (non-hydrogen) atoms. The third-order valence-electron chi connectivity index (χ3n) is 2.84. The highest BCUT2D eigenvalue weighted by Crippen LogP contribution is 2.27. The van der Waals surface area contributed by atoms with Crippen molar-refractivity contribution in [2.45, 2.75) is 5.54 Å². The Labute approximate surface area is 108 Å². The van der Waals surface area contributed by atoms with Gasteiger partial charge in [-0.2, -0.15) is 0 Å². The lowest BCUT2D eigenvalue weighted by molar-refractivity contribution is 0.527. The van der Waals surface area contributed by atoms with Gasteiger partial charge >= 0.3 is 0 Å². The molecular formula is C14H16N2S. The third kappa shape index (κ3) is 2.11. The highest BCUT2D eigenvalue weighted by atomic mass is 32.1. The molecule has 1 heterocycles. The number of thiocarbonyl (C=S) groups is 1. The van der Waals surface area contributed by atoms with Gasteiger partial charge in [-0.25, -0.2) is 0 Å². The molecule has 0 saturated carbocycles. The molecule has 0 saturated heterocycles. The van der Waals surface area contributed by atoms with Gasteiger partial charge in [0, 0.05) is 14.1 Å². The van der Waals surface area contributed by atoms with Gasteiger partial charge < -0.3 is 10.2 Å². The van der Waals surface area contributed by atoms with E-state index in [0.717, 1.165) is 10.6 Å². The van der Waals surface area contributed by atoms with E-state index in [2.05, 4.69) is 23.5 Å². The first kappa shape index (κ1) is 11.9. The van der Waals surface area contributed by atoms with Gasteiger partial charge in [0.1, 0.15) is 10.5 Å². The summed E-state index contributed by atoms with van der Waals surface area (Å²) in [5.74, 6) is 0. The van der Waals surface area contributed by atoms with Crippen molar-refractivity contribution in [1.82, 2.24) is 10.2 Å². The van der Waals surface area contributed by atoms with Crippen LogP contribution in [0.5, 0.6) is 0 Å². The second-order valence-corrected chi connectivity index (χ2v) is 4.62. The Balaban J connectivity index is 2.49. The molecule has 1 aromatic carbocycles. The van der Waals surface area contributed by atoms with Crippen LogP contribution in [0.3, 0.4) is 0 Å². The first-order valence-electron chi connectivity index (χ1n) is 5.56. The number of hydrogen-bond acceptors (Lipinski definition) is 2. The Bertz CT molecular complexity index is 462. The molecule has 0 amide bonds. The minimum Gasteiger partial charge on any atom is -0.373 e. The SMILES string of the molecule is CN(C)C(=S)C1(c2ccccc2)C=CC=CN1. The number of nitrogens with zero attached hydrogens (tertiary/aromatic N) is 1. The van der Waals surface area contributed by atoms with E-state index >= 15 is 0 Å². The van der Waals surface area contributed by atoms with E-state index in [9.17, 15) is 0 Å². The van der Waals surface area contributed by atoms with Crippen molar-refractivity contribution in [2.75, 3.05) is 14.1 Å². The van der Waals surface area contributed by atoms with Gasteiger partial charge in [-0.1, -0.05) is 48.6 Å². The molecule has 2 rings (SSSR count). The minimum absolute atomic E-state index is 0.408. The maximum absolute atomic E-state index is 5.57. The summed E-state index contributed by atoms with van der Waals surface area (Å²) in [4.78, 5) is 2.82. The van der Waals surface area contributed by atoms with E-state index in [1.54, 1.807) is 0 Å². The molecule has 2 nitrogen and oxygen atoms in total. The Morgan fingerprint density at radius 3 is 2.41 bits per heavy atom. The number of dihydropyridines is 1. The number of nitrogens with one attached hydrogen (secondary N) is 1. The maximum Gasteiger partial charge on any atom is 0.132 e. The van der Waals surface area contributed by atoms with Crippen LogP contribution in [-0.4, -0.2) is 24.0 Å². The van der Waals surface area contributed by atoms with Gasteiger partial charge in [-0.3, -0.25) is 0 Å². The lowest BCUT2D eigenvalue weighted by Gasteiger charge is -2.37. The fourth-order valence-electron chi connectivity index (χ4n) is 1.97. The predicted molar refractivity (Wildman–Crippen MR) is 75.8 cm³/mol. The van der Waals surface area contributed by atoms with Gasteiger partial charge in [-0.05, 0) is 23.9 Å². The highest BCUT2D eigenvalue weighted by molar-refractivity contribution is 7.80. The average Bonchev–Trinajstić information content (AvgIpc) is 2.39. The standard InChI is InChI=1S/C14H16N2S/c1-16(2)13(17)14(10-6-7-11-15-14)12-8-4-3-5-9-12/h3-11,15H,1-2H3. The number of rotatable bonds is 2. The van der Waals surface area contributed by atoms with E-state index in [0.29, 0.717) is 0 Å². The van der Waals surface area contributed by atoms with E-state index in [4.69, 9.17) is 12.2 Å². The summed E-state index contributed by atoms with van der Waals surface area (Å²) in [7, 11) is 3.95. The highest BCUT2D eigenvalue weighted by Gasteiger charge is 2.35. The quantitative estimate of drug-likeness (QED) is 0.805. The first-order valence-corrected chi connectivity index (χ1v) is 5.97. The smallest absolute Gasteiger partial charge is 0.132 e. The van der Waals surface area contributed by atoms with Crippen LogP contribution in [0, 0.1) is 0 Å². The topological polar surface area (TPSA) is 15.3 Å². The van der Waals surface area contributed by atoms with Crippen molar-refractivity contribution < 1.29 is 0 Å². The molecule has 0 radical (unpaired) electrons. The molecule has 0 aromatic heterocycles. The van der Waals surface area contributed by atoms with Crippen LogP contribution >= 0.6 is 12.2 Å². The Morgan fingerprint density at radius 1 is 1.18 bits per heavy atom. The van der Waals surface area contributed by atoms with E-state index < -0.39 is 5.54 Å². The lowest BCUT2D eigenvalue weighted by atomic mass is 9.87. The molecule has 3 heteroatoms. The van der Waals surface area contributed by atoms with Crippen LogP contribution < -0.4 is 5.32 Å². The van der Waals surface area contributed by atoms with E-state index in [-0.39, 0.29) is 0 Å². The van der Waals surface area contributed by atoms with E-state index in [1.807, 2.05) is 55.5 Å². The molecule has 1 aliphatic heterocycles. The summed E-state index contributed by atoms with van der Waals surface area (Å²) in [5, 5.41) is 3.38. The van der Waals surface area contributed by atoms with Crippen LogP contribution in [0.1, 0.15) is 5.56 Å². The third-order valence-corrected chi connectivity index (χ3v) is 3.52. The molecule has 1 atom stereocenters. The van der Waals surface area contributed by atoms with Gasteiger partial charge in [0.05, 0.1) is 0 Å². The first-order chi connectivity index (χ1) is 8.17. The van der Waals surface area contributed by atoms with Crippen LogP contribution in [0.25, 0.3) is 0 Å². The van der Waals surface area contributed by atoms with Crippen molar-refractivity contribution in [3.8, 4) is 0 Å². The van der Waals surface area contributed by atoms with Crippen molar-refractivity contribution in [1.29, 1.82) is 0 Å². The number of allylic oxidation sites excluding steroid dienone is 2. The summed E-state index contributed by atoms with van der Waals surface area (Å²) in [6, 6.07) is 10.3. The van der Waals surface area contributed by atoms with Crippen molar-refractivity contribution in [2.24, 2.45) is 0 Å². The van der Waals surface area contributed by atoms with Crippen molar-refractivity contribution >= 4 is 17.2 Å². The zero-order valence-corrected chi connectivity index (χ0v) is 10.9. The molecule has 0 aliphatic carbocycles. The molecule has 1 aromatic rings. The van der Waals surface area contributed by atoms with Crippen molar-refractivity contribution in [3.63, 3.8) is 0 Å². The number of hydrogen-bond donors (Lipinski definition) is 1. The molecular weight excluding hydrogens is 228 g/mol. The van der Waals surface area contributed by atoms with Crippen LogP contribution in [0.2, 0.25) is 0 Å². The van der Waals surface area contributed by atoms with Gasteiger partial charge in [0.15, 0.2) is 0 Å². The Kier molecular flexibility index (Phi) is 3.29. The molecule has 1 aliphatic rings. The maximum atomic E-state index is 5.57. The Hall–Kier alpha value is -1.61.